The Kier molecular flexibility index (Phi) is 5.07. The summed E-state index contributed by atoms with van der Waals surface area (Å²) in [6.07, 6.45) is -7.32. The third-order valence-electron chi connectivity index (χ3n) is 5.60. The number of rotatable bonds is 4. The van der Waals surface area contributed by atoms with Gasteiger partial charge in [-0.25, -0.2) is 4.79 Å². The summed E-state index contributed by atoms with van der Waals surface area (Å²) in [5, 5.41) is 40.9. The Morgan fingerprint density at radius 2 is 1.81 bits per heavy atom. The number of ether oxygens (including phenoxy) is 5. The van der Waals surface area contributed by atoms with Gasteiger partial charge in [-0.3, -0.25) is 0 Å². The molecule has 1 fully saturated rings. The fourth-order valence-electron chi connectivity index (χ4n) is 3.98. The monoisotopic (exact) mass is 448 g/mol. The Balaban J connectivity index is 1.60. The van der Waals surface area contributed by atoms with Gasteiger partial charge in [-0.2, -0.15) is 0 Å². The van der Waals surface area contributed by atoms with Gasteiger partial charge in [-0.05, 0) is 24.3 Å². The summed E-state index contributed by atoms with van der Waals surface area (Å²) < 4.78 is 32.8. The predicted molar refractivity (Wildman–Crippen MR) is 107 cm³/mol. The van der Waals surface area contributed by atoms with E-state index in [1.165, 1.54) is 13.2 Å². The lowest BCUT2D eigenvalue weighted by Gasteiger charge is -2.39. The number of benzene rings is 2. The summed E-state index contributed by atoms with van der Waals surface area (Å²) in [7, 11) is 1.35. The summed E-state index contributed by atoms with van der Waals surface area (Å²) in [4.78, 5) is 12.8. The van der Waals surface area contributed by atoms with Crippen molar-refractivity contribution in [2.75, 3.05) is 20.5 Å². The van der Waals surface area contributed by atoms with Crippen LogP contribution < -0.4 is 24.6 Å². The lowest BCUT2D eigenvalue weighted by molar-refractivity contribution is -0.277. The lowest BCUT2D eigenvalue weighted by Crippen LogP contribution is -2.60. The molecule has 0 radical (unpaired) electrons. The van der Waals surface area contributed by atoms with Crippen LogP contribution in [0.25, 0.3) is 21.7 Å². The van der Waals surface area contributed by atoms with Crippen LogP contribution in [0.1, 0.15) is 0 Å². The molecule has 0 aliphatic carbocycles. The SMILES string of the molecule is COc1c(O[C@@H]2O[C@H](CO)[C@@H](O)[C@H](O)[C@H]2O)ccc2c1oc(=O)c1c3c(ccc12)OCO3. The lowest BCUT2D eigenvalue weighted by atomic mass is 9.99. The molecule has 5 rings (SSSR count). The Labute approximate surface area is 179 Å². The molecule has 1 saturated heterocycles. The van der Waals surface area contributed by atoms with Crippen LogP contribution in [0.4, 0.5) is 0 Å². The normalized spacial score (nSPS) is 27.1. The van der Waals surface area contributed by atoms with Crippen molar-refractivity contribution in [1.29, 1.82) is 0 Å². The fourth-order valence-corrected chi connectivity index (χ4v) is 3.98. The van der Waals surface area contributed by atoms with Gasteiger partial charge in [-0.15, -0.1) is 0 Å². The molecule has 3 heterocycles. The Morgan fingerprint density at radius 1 is 1.03 bits per heavy atom. The van der Waals surface area contributed by atoms with E-state index in [0.717, 1.165) is 0 Å². The Morgan fingerprint density at radius 3 is 2.56 bits per heavy atom. The van der Waals surface area contributed by atoms with Gasteiger partial charge >= 0.3 is 5.63 Å². The van der Waals surface area contributed by atoms with E-state index in [4.69, 9.17) is 28.1 Å². The zero-order chi connectivity index (χ0) is 22.6. The van der Waals surface area contributed by atoms with Crippen molar-refractivity contribution < 1.29 is 48.5 Å². The minimum Gasteiger partial charge on any atom is -0.490 e. The first-order valence-electron chi connectivity index (χ1n) is 9.78. The molecule has 5 atom stereocenters. The minimum atomic E-state index is -1.61. The van der Waals surface area contributed by atoms with Crippen molar-refractivity contribution in [2.45, 2.75) is 30.7 Å². The minimum absolute atomic E-state index is 0.00111. The Hall–Kier alpha value is -3.09. The zero-order valence-electron chi connectivity index (χ0n) is 16.8. The first-order valence-corrected chi connectivity index (χ1v) is 9.78. The average Bonchev–Trinajstić information content (AvgIpc) is 3.28. The van der Waals surface area contributed by atoms with Crippen LogP contribution in [0.2, 0.25) is 0 Å². The molecule has 170 valence electrons. The van der Waals surface area contributed by atoms with Crippen molar-refractivity contribution in [3.05, 3.63) is 34.7 Å². The van der Waals surface area contributed by atoms with E-state index < -0.39 is 42.9 Å². The van der Waals surface area contributed by atoms with Crippen LogP contribution in [-0.4, -0.2) is 71.6 Å². The van der Waals surface area contributed by atoms with E-state index in [1.54, 1.807) is 18.2 Å². The van der Waals surface area contributed by atoms with Gasteiger partial charge in [0.15, 0.2) is 22.8 Å². The smallest absolute Gasteiger partial charge is 0.348 e. The van der Waals surface area contributed by atoms with E-state index >= 15 is 0 Å². The van der Waals surface area contributed by atoms with Crippen LogP contribution in [0.5, 0.6) is 23.0 Å². The van der Waals surface area contributed by atoms with Gasteiger partial charge in [-0.1, -0.05) is 0 Å². The van der Waals surface area contributed by atoms with Gasteiger partial charge in [0.05, 0.1) is 13.7 Å². The molecule has 4 N–H and O–H groups in total. The summed E-state index contributed by atoms with van der Waals surface area (Å²) in [6, 6.07) is 6.55. The topological polar surface area (TPSA) is 157 Å². The highest BCUT2D eigenvalue weighted by Crippen LogP contribution is 2.43. The van der Waals surface area contributed by atoms with Gasteiger partial charge in [0.25, 0.3) is 0 Å². The number of methoxy groups -OCH3 is 1. The van der Waals surface area contributed by atoms with E-state index in [9.17, 15) is 25.2 Å². The van der Waals surface area contributed by atoms with E-state index in [1.807, 2.05) is 0 Å². The van der Waals surface area contributed by atoms with Crippen molar-refractivity contribution in [1.82, 2.24) is 0 Å². The Bertz CT molecular complexity index is 1230. The quantitative estimate of drug-likeness (QED) is 0.311. The van der Waals surface area contributed by atoms with E-state index in [2.05, 4.69) is 0 Å². The molecular weight excluding hydrogens is 428 g/mol. The number of hydrogen-bond donors (Lipinski definition) is 4. The molecule has 0 bridgehead atoms. The molecule has 2 aliphatic rings. The zero-order valence-corrected chi connectivity index (χ0v) is 16.8. The van der Waals surface area contributed by atoms with Crippen LogP contribution in [0.3, 0.4) is 0 Å². The summed E-state index contributed by atoms with van der Waals surface area (Å²) in [6.45, 7) is -0.599. The van der Waals surface area contributed by atoms with E-state index in [0.29, 0.717) is 22.3 Å². The van der Waals surface area contributed by atoms with Gasteiger partial charge in [0.1, 0.15) is 29.8 Å². The van der Waals surface area contributed by atoms with E-state index in [-0.39, 0.29) is 29.3 Å². The summed E-state index contributed by atoms with van der Waals surface area (Å²) >= 11 is 0. The first kappa shape index (κ1) is 20.8. The third-order valence-corrected chi connectivity index (χ3v) is 5.60. The molecule has 1 aromatic heterocycles. The third kappa shape index (κ3) is 3.05. The standard InChI is InChI=1S/C21H20O11/c1-27-19-11(30-21-16(25)15(24)14(23)12(6-22)31-21)5-3-9-8-2-4-10-18(29-7-28-10)13(8)20(26)32-17(9)19/h2-5,12,14-16,21-25H,6-7H2,1H3/t12-,14-,15+,16-,21-/m1/s1. The molecule has 0 amide bonds. The van der Waals surface area contributed by atoms with Crippen molar-refractivity contribution in [3.8, 4) is 23.0 Å². The molecule has 0 saturated carbocycles. The first-order chi connectivity index (χ1) is 15.4. The second-order valence-electron chi connectivity index (χ2n) is 7.40. The van der Waals surface area contributed by atoms with Crippen LogP contribution >= 0.6 is 0 Å². The van der Waals surface area contributed by atoms with Gasteiger partial charge in [0.2, 0.25) is 18.8 Å². The van der Waals surface area contributed by atoms with Gasteiger partial charge in [0, 0.05) is 10.8 Å². The molecule has 2 aromatic carbocycles. The summed E-state index contributed by atoms with van der Waals surface area (Å²) in [5.41, 5.74) is -0.580. The number of aliphatic hydroxyl groups is 4. The average molecular weight is 448 g/mol. The van der Waals surface area contributed by atoms with Crippen molar-refractivity contribution in [3.63, 3.8) is 0 Å². The van der Waals surface area contributed by atoms with Crippen LogP contribution in [-0.2, 0) is 4.74 Å². The number of aliphatic hydroxyl groups excluding tert-OH is 4. The molecule has 32 heavy (non-hydrogen) atoms. The van der Waals surface area contributed by atoms with Crippen molar-refractivity contribution in [2.24, 2.45) is 0 Å². The maximum absolute atomic E-state index is 12.8. The maximum atomic E-state index is 12.8. The summed E-state index contributed by atoms with van der Waals surface area (Å²) in [5.74, 6) is 0.848. The molecule has 0 spiro atoms. The molecular formula is C21H20O11. The molecule has 2 aliphatic heterocycles. The number of fused-ring (bicyclic) bond motifs is 5. The highest BCUT2D eigenvalue weighted by molar-refractivity contribution is 6.09. The van der Waals surface area contributed by atoms with Gasteiger partial charge < -0.3 is 48.5 Å². The second-order valence-corrected chi connectivity index (χ2v) is 7.40. The number of hydrogen-bond acceptors (Lipinski definition) is 11. The molecule has 3 aromatic rings. The van der Waals surface area contributed by atoms with Crippen LogP contribution in [0.15, 0.2) is 33.5 Å². The molecule has 0 unspecified atom stereocenters. The largest absolute Gasteiger partial charge is 0.490 e. The fraction of sp³-hybridized carbons (Fsp3) is 0.381. The highest BCUT2D eigenvalue weighted by Gasteiger charge is 2.45. The molecule has 11 nitrogen and oxygen atoms in total. The van der Waals surface area contributed by atoms with Crippen molar-refractivity contribution >= 4 is 21.7 Å². The molecule has 11 heteroatoms. The highest BCUT2D eigenvalue weighted by atomic mass is 16.7. The predicted octanol–water partition coefficient (Wildman–Crippen LogP) is -0.138. The maximum Gasteiger partial charge on any atom is 0.348 e. The second kappa shape index (κ2) is 7.80. The van der Waals surface area contributed by atoms with Crippen LogP contribution in [0, 0.1) is 0 Å².